The molecule has 0 aliphatic carbocycles. The number of hydrogen-bond acceptors (Lipinski definition) is 5. The van der Waals surface area contributed by atoms with Gasteiger partial charge in [-0.2, -0.15) is 10.4 Å². The molecule has 1 aromatic heterocycles. The van der Waals surface area contributed by atoms with Gasteiger partial charge in [-0.15, -0.1) is 0 Å². The fourth-order valence-corrected chi connectivity index (χ4v) is 3.31. The van der Waals surface area contributed by atoms with Crippen LogP contribution in [0.1, 0.15) is 35.4 Å². The van der Waals surface area contributed by atoms with E-state index in [4.69, 9.17) is 10.4 Å². The number of nitrogens with zero attached hydrogens (tertiary/aromatic N) is 4. The van der Waals surface area contributed by atoms with Gasteiger partial charge in [0.2, 0.25) is 5.91 Å². The number of aliphatic hydroxyl groups is 1. The molecule has 3 rings (SSSR count). The number of aliphatic hydroxyl groups excluding tert-OH is 1. The molecule has 0 fully saturated rings. The summed E-state index contributed by atoms with van der Waals surface area (Å²) in [6.45, 7) is 3.81. The van der Waals surface area contributed by atoms with Gasteiger partial charge in [-0.3, -0.25) is 14.4 Å². The first-order valence-electron chi connectivity index (χ1n) is 9.32. The van der Waals surface area contributed by atoms with Crippen LogP contribution in [-0.2, 0) is 30.8 Å². The molecule has 7 heteroatoms. The number of nitrogens with one attached hydrogen (secondary N) is 1. The molecule has 7 nitrogen and oxygen atoms in total. The van der Waals surface area contributed by atoms with E-state index in [-0.39, 0.29) is 12.5 Å². The predicted octanol–water partition coefficient (Wildman–Crippen LogP) is 1.20. The summed E-state index contributed by atoms with van der Waals surface area (Å²) in [5.74, 6) is -0.0605. The lowest BCUT2D eigenvalue weighted by Crippen LogP contribution is -2.26. The zero-order valence-corrected chi connectivity index (χ0v) is 15.4. The first-order chi connectivity index (χ1) is 13.2. The molecule has 0 spiro atoms. The normalized spacial score (nSPS) is 14.2. The van der Waals surface area contributed by atoms with Crippen LogP contribution in [0.25, 0.3) is 0 Å². The van der Waals surface area contributed by atoms with Gasteiger partial charge in [0.25, 0.3) is 0 Å². The van der Waals surface area contributed by atoms with Crippen molar-refractivity contribution in [1.82, 2.24) is 20.0 Å². The van der Waals surface area contributed by atoms with Gasteiger partial charge in [-0.1, -0.05) is 12.1 Å². The lowest BCUT2D eigenvalue weighted by atomic mass is 10.1. The van der Waals surface area contributed by atoms with Crippen molar-refractivity contribution in [1.29, 1.82) is 5.26 Å². The first-order valence-corrected chi connectivity index (χ1v) is 9.32. The predicted molar refractivity (Wildman–Crippen MR) is 101 cm³/mol. The van der Waals surface area contributed by atoms with E-state index in [0.717, 1.165) is 38.3 Å². The van der Waals surface area contributed by atoms with E-state index in [0.29, 0.717) is 24.9 Å². The fraction of sp³-hybridized carbons (Fsp3) is 0.450. The van der Waals surface area contributed by atoms with Gasteiger partial charge in [-0.05, 0) is 30.2 Å². The van der Waals surface area contributed by atoms with Crippen LogP contribution in [0, 0.1) is 11.3 Å². The minimum absolute atomic E-state index is 0.0421. The van der Waals surface area contributed by atoms with E-state index < -0.39 is 0 Å². The molecule has 2 aromatic rings. The molecule has 1 amide bonds. The summed E-state index contributed by atoms with van der Waals surface area (Å²) in [5.41, 5.74) is 3.99. The van der Waals surface area contributed by atoms with Gasteiger partial charge < -0.3 is 10.4 Å². The third kappa shape index (κ3) is 5.39. The van der Waals surface area contributed by atoms with Crippen LogP contribution >= 0.6 is 0 Å². The summed E-state index contributed by atoms with van der Waals surface area (Å²) in [4.78, 5) is 14.1. The Morgan fingerprint density at radius 3 is 2.85 bits per heavy atom. The van der Waals surface area contributed by atoms with Gasteiger partial charge in [0, 0.05) is 45.6 Å². The van der Waals surface area contributed by atoms with Crippen molar-refractivity contribution in [2.45, 2.75) is 38.9 Å². The van der Waals surface area contributed by atoms with Gasteiger partial charge in [-0.25, -0.2) is 0 Å². The first kappa shape index (κ1) is 19.1. The highest BCUT2D eigenvalue weighted by Gasteiger charge is 2.17. The maximum absolute atomic E-state index is 11.7. The highest BCUT2D eigenvalue weighted by molar-refractivity contribution is 5.76. The highest BCUT2D eigenvalue weighted by Crippen LogP contribution is 2.17. The third-order valence-corrected chi connectivity index (χ3v) is 4.68. The molecule has 1 aliphatic rings. The minimum atomic E-state index is -0.0605. The summed E-state index contributed by atoms with van der Waals surface area (Å²) in [7, 11) is 0. The Morgan fingerprint density at radius 1 is 1.30 bits per heavy atom. The molecule has 2 heterocycles. The van der Waals surface area contributed by atoms with Crippen LogP contribution in [0.15, 0.2) is 30.3 Å². The molecule has 0 atom stereocenters. The number of aryl methyl sites for hydroxylation is 2. The number of fused-ring (bicyclic) bond motifs is 1. The lowest BCUT2D eigenvalue weighted by Gasteiger charge is -2.19. The lowest BCUT2D eigenvalue weighted by molar-refractivity contribution is -0.121. The van der Waals surface area contributed by atoms with E-state index in [1.807, 2.05) is 24.3 Å². The molecule has 27 heavy (non-hydrogen) atoms. The SMILES string of the molecule is N#Cc1ccc(CN2CCCn3nc(CCC(=O)NCCO)cc3C2)cc1. The Hall–Kier alpha value is -2.69. The minimum Gasteiger partial charge on any atom is -0.395 e. The van der Waals surface area contributed by atoms with Crippen LogP contribution < -0.4 is 5.32 Å². The molecule has 0 bridgehead atoms. The summed E-state index contributed by atoms with van der Waals surface area (Å²) in [6, 6.07) is 12.0. The Morgan fingerprint density at radius 2 is 2.11 bits per heavy atom. The molecule has 2 N–H and O–H groups in total. The van der Waals surface area contributed by atoms with E-state index in [9.17, 15) is 4.79 Å². The largest absolute Gasteiger partial charge is 0.395 e. The Labute approximate surface area is 159 Å². The Balaban J connectivity index is 1.58. The van der Waals surface area contributed by atoms with Crippen LogP contribution in [-0.4, -0.2) is 45.4 Å². The van der Waals surface area contributed by atoms with Crippen LogP contribution in [0.3, 0.4) is 0 Å². The van der Waals surface area contributed by atoms with E-state index in [1.165, 1.54) is 11.3 Å². The van der Waals surface area contributed by atoms with Crippen molar-refractivity contribution in [3.63, 3.8) is 0 Å². The van der Waals surface area contributed by atoms with Gasteiger partial charge >= 0.3 is 0 Å². The van der Waals surface area contributed by atoms with Gasteiger partial charge in [0.15, 0.2) is 0 Å². The number of rotatable bonds is 7. The monoisotopic (exact) mass is 367 g/mol. The zero-order valence-electron chi connectivity index (χ0n) is 15.4. The number of aromatic nitrogens is 2. The molecule has 142 valence electrons. The van der Waals surface area contributed by atoms with Crippen molar-refractivity contribution in [2.75, 3.05) is 19.7 Å². The van der Waals surface area contributed by atoms with E-state index in [2.05, 4.69) is 32.1 Å². The van der Waals surface area contributed by atoms with E-state index >= 15 is 0 Å². The van der Waals surface area contributed by atoms with Crippen molar-refractivity contribution >= 4 is 5.91 Å². The van der Waals surface area contributed by atoms with Crippen LogP contribution in [0.4, 0.5) is 0 Å². The zero-order chi connectivity index (χ0) is 19.1. The smallest absolute Gasteiger partial charge is 0.220 e. The quantitative estimate of drug-likeness (QED) is 0.767. The standard InChI is InChI=1S/C20H25N5O2/c21-13-16-2-4-17(5-3-16)14-24-9-1-10-25-19(15-24)12-18(23-25)6-7-20(27)22-8-11-26/h2-5,12,26H,1,6-11,14-15H2,(H,22,27). The topological polar surface area (TPSA) is 94.2 Å². The van der Waals surface area contributed by atoms with Crippen LogP contribution in [0.5, 0.6) is 0 Å². The number of hydrogen-bond donors (Lipinski definition) is 2. The molecule has 0 saturated carbocycles. The number of benzene rings is 1. The van der Waals surface area contributed by atoms with Gasteiger partial charge in [0.1, 0.15) is 0 Å². The average molecular weight is 367 g/mol. The maximum atomic E-state index is 11.7. The molecule has 0 radical (unpaired) electrons. The molecule has 1 aromatic carbocycles. The number of carbonyl (C=O) groups excluding carboxylic acids is 1. The average Bonchev–Trinajstić information content (AvgIpc) is 2.97. The highest BCUT2D eigenvalue weighted by atomic mass is 16.3. The van der Waals surface area contributed by atoms with Gasteiger partial charge in [0.05, 0.1) is 29.6 Å². The van der Waals surface area contributed by atoms with Crippen molar-refractivity contribution < 1.29 is 9.90 Å². The summed E-state index contributed by atoms with van der Waals surface area (Å²) in [5, 5.41) is 25.0. The number of carbonyl (C=O) groups is 1. The molecular weight excluding hydrogens is 342 g/mol. The number of nitriles is 1. The Kier molecular flexibility index (Phi) is 6.58. The fourth-order valence-electron chi connectivity index (χ4n) is 3.31. The van der Waals surface area contributed by atoms with Crippen molar-refractivity contribution in [3.05, 3.63) is 52.8 Å². The third-order valence-electron chi connectivity index (χ3n) is 4.68. The molecular formula is C20H25N5O2. The molecule has 0 saturated heterocycles. The Bertz CT molecular complexity index is 807. The summed E-state index contributed by atoms with van der Waals surface area (Å²) >= 11 is 0. The van der Waals surface area contributed by atoms with E-state index in [1.54, 1.807) is 0 Å². The number of amides is 1. The van der Waals surface area contributed by atoms with Crippen molar-refractivity contribution in [2.24, 2.45) is 0 Å². The van der Waals surface area contributed by atoms with Crippen LogP contribution in [0.2, 0.25) is 0 Å². The summed E-state index contributed by atoms with van der Waals surface area (Å²) in [6.07, 6.45) is 2.01. The summed E-state index contributed by atoms with van der Waals surface area (Å²) < 4.78 is 2.06. The maximum Gasteiger partial charge on any atom is 0.220 e. The molecule has 1 aliphatic heterocycles. The van der Waals surface area contributed by atoms with Crippen molar-refractivity contribution in [3.8, 4) is 6.07 Å². The second-order valence-corrected chi connectivity index (χ2v) is 6.80. The molecule has 0 unspecified atom stereocenters. The second-order valence-electron chi connectivity index (χ2n) is 6.80. The second kappa shape index (κ2) is 9.31.